The van der Waals surface area contributed by atoms with Crippen molar-refractivity contribution in [2.75, 3.05) is 18.1 Å². The minimum atomic E-state index is -3.09. The molecule has 7 heteroatoms. The van der Waals surface area contributed by atoms with E-state index in [9.17, 15) is 8.42 Å². The minimum Gasteiger partial charge on any atom is -0.324 e. The van der Waals surface area contributed by atoms with Crippen molar-refractivity contribution in [3.8, 4) is 0 Å². The summed E-state index contributed by atoms with van der Waals surface area (Å²) >= 11 is 0. The van der Waals surface area contributed by atoms with Gasteiger partial charge in [0.1, 0.15) is 0 Å². The lowest BCUT2D eigenvalue weighted by Gasteiger charge is -2.16. The fraction of sp³-hybridized carbons (Fsp3) is 0.375. The zero-order valence-electron chi connectivity index (χ0n) is 13.2. The van der Waals surface area contributed by atoms with Gasteiger partial charge in [-0.1, -0.05) is 12.1 Å². The molecule has 23 heavy (non-hydrogen) atoms. The van der Waals surface area contributed by atoms with Crippen LogP contribution in [0.5, 0.6) is 0 Å². The maximum atomic E-state index is 11.6. The van der Waals surface area contributed by atoms with Gasteiger partial charge in [-0.3, -0.25) is 0 Å². The van der Waals surface area contributed by atoms with Gasteiger partial charge in [-0.15, -0.1) is 0 Å². The molecule has 1 aliphatic heterocycles. The zero-order valence-corrected chi connectivity index (χ0v) is 14.0. The molecule has 3 rings (SSSR count). The number of aromatic nitrogens is 2. The predicted molar refractivity (Wildman–Crippen MR) is 90.4 cm³/mol. The van der Waals surface area contributed by atoms with Crippen molar-refractivity contribution in [3.63, 3.8) is 0 Å². The minimum absolute atomic E-state index is 0.511. The van der Waals surface area contributed by atoms with Crippen LogP contribution in [0.4, 0.5) is 11.6 Å². The molecule has 1 atom stereocenters. The third-order valence-electron chi connectivity index (χ3n) is 4.10. The van der Waals surface area contributed by atoms with E-state index in [1.165, 1.54) is 11.8 Å². The molecule has 2 N–H and O–H groups in total. The van der Waals surface area contributed by atoms with Gasteiger partial charge in [0, 0.05) is 24.7 Å². The van der Waals surface area contributed by atoms with Gasteiger partial charge in [-0.25, -0.2) is 18.4 Å². The van der Waals surface area contributed by atoms with Crippen LogP contribution in [-0.4, -0.2) is 31.2 Å². The molecule has 0 saturated carbocycles. The number of sulfone groups is 1. The molecule has 0 radical (unpaired) electrons. The lowest BCUT2D eigenvalue weighted by molar-refractivity contribution is 0.592. The number of fused-ring (bicyclic) bond motifs is 1. The lowest BCUT2D eigenvalue weighted by atomic mass is 10.1. The smallest absolute Gasteiger partial charge is 0.227 e. The summed E-state index contributed by atoms with van der Waals surface area (Å²) in [6.45, 7) is 3.41. The Morgan fingerprint density at radius 1 is 1.26 bits per heavy atom. The van der Waals surface area contributed by atoms with Crippen molar-refractivity contribution in [1.82, 2.24) is 15.3 Å². The molecule has 0 saturated heterocycles. The third kappa shape index (κ3) is 3.68. The molecule has 122 valence electrons. The van der Waals surface area contributed by atoms with Crippen LogP contribution in [-0.2, 0) is 22.8 Å². The van der Waals surface area contributed by atoms with Crippen LogP contribution < -0.4 is 10.6 Å². The maximum absolute atomic E-state index is 11.6. The van der Waals surface area contributed by atoms with E-state index < -0.39 is 15.1 Å². The molecular formula is C16H20N4O2S. The van der Waals surface area contributed by atoms with E-state index in [2.05, 4.69) is 20.6 Å². The Balaban J connectivity index is 1.76. The van der Waals surface area contributed by atoms with Crippen LogP contribution in [0.25, 0.3) is 0 Å². The normalized spacial score (nSPS) is 15.7. The second-order valence-electron chi connectivity index (χ2n) is 5.81. The molecule has 2 heterocycles. The van der Waals surface area contributed by atoms with Crippen LogP contribution in [0.2, 0.25) is 0 Å². The quantitative estimate of drug-likeness (QED) is 0.890. The van der Waals surface area contributed by atoms with E-state index in [1.54, 1.807) is 6.92 Å². The first-order chi connectivity index (χ1) is 10.9. The first-order valence-corrected chi connectivity index (χ1v) is 9.50. The van der Waals surface area contributed by atoms with Gasteiger partial charge in [-0.05, 0) is 43.1 Å². The van der Waals surface area contributed by atoms with Gasteiger partial charge in [-0.2, -0.15) is 0 Å². The summed E-state index contributed by atoms with van der Waals surface area (Å²) in [6.07, 6.45) is 4.07. The number of anilines is 2. The highest BCUT2D eigenvalue weighted by atomic mass is 32.2. The van der Waals surface area contributed by atoms with Gasteiger partial charge in [0.05, 0.1) is 10.9 Å². The fourth-order valence-corrected chi connectivity index (χ4v) is 3.16. The lowest BCUT2D eigenvalue weighted by Crippen LogP contribution is -2.25. The number of nitrogens with zero attached hydrogens (tertiary/aromatic N) is 2. The van der Waals surface area contributed by atoms with Crippen LogP contribution in [0, 0.1) is 0 Å². The molecule has 0 amide bonds. The fourth-order valence-electron chi connectivity index (χ4n) is 2.51. The molecule has 0 spiro atoms. The van der Waals surface area contributed by atoms with Crippen molar-refractivity contribution >= 4 is 21.5 Å². The monoisotopic (exact) mass is 332 g/mol. The van der Waals surface area contributed by atoms with Gasteiger partial charge in [0.25, 0.3) is 0 Å². The molecule has 1 unspecified atom stereocenters. The van der Waals surface area contributed by atoms with Gasteiger partial charge < -0.3 is 10.6 Å². The summed E-state index contributed by atoms with van der Waals surface area (Å²) in [6, 6.07) is 7.32. The van der Waals surface area contributed by atoms with Crippen LogP contribution in [0.3, 0.4) is 0 Å². The third-order valence-corrected chi connectivity index (χ3v) is 5.65. The van der Waals surface area contributed by atoms with Crippen molar-refractivity contribution in [3.05, 3.63) is 47.3 Å². The predicted octanol–water partition coefficient (Wildman–Crippen LogP) is 1.97. The average Bonchev–Trinajstić information content (AvgIpc) is 2.54. The number of nitrogens with one attached hydrogen (secondary N) is 2. The van der Waals surface area contributed by atoms with E-state index in [4.69, 9.17) is 0 Å². The van der Waals surface area contributed by atoms with E-state index >= 15 is 0 Å². The number of rotatable bonds is 4. The summed E-state index contributed by atoms with van der Waals surface area (Å²) in [4.78, 5) is 8.86. The second-order valence-corrected chi connectivity index (χ2v) is 8.18. The van der Waals surface area contributed by atoms with Crippen LogP contribution >= 0.6 is 0 Å². The molecular weight excluding hydrogens is 312 g/mol. The van der Waals surface area contributed by atoms with E-state index in [-0.39, 0.29) is 0 Å². The van der Waals surface area contributed by atoms with Crippen molar-refractivity contribution < 1.29 is 8.42 Å². The summed E-state index contributed by atoms with van der Waals surface area (Å²) in [5.41, 5.74) is 3.81. The topological polar surface area (TPSA) is 84.0 Å². The molecule has 0 fully saturated rings. The van der Waals surface area contributed by atoms with Gasteiger partial charge in [0.15, 0.2) is 9.84 Å². The Bertz CT molecular complexity index is 803. The second kappa shape index (κ2) is 6.25. The Hall–Kier alpha value is -1.99. The number of benzene rings is 1. The van der Waals surface area contributed by atoms with Crippen LogP contribution in [0.15, 0.2) is 30.5 Å². The molecule has 1 aliphatic rings. The molecule has 1 aromatic carbocycles. The summed E-state index contributed by atoms with van der Waals surface area (Å²) in [5, 5.41) is 5.94. The van der Waals surface area contributed by atoms with Gasteiger partial charge >= 0.3 is 0 Å². The van der Waals surface area contributed by atoms with E-state index in [0.717, 1.165) is 36.5 Å². The molecule has 6 nitrogen and oxygen atoms in total. The molecule has 1 aromatic heterocycles. The van der Waals surface area contributed by atoms with Crippen molar-refractivity contribution in [1.29, 1.82) is 0 Å². The number of hydrogen-bond acceptors (Lipinski definition) is 6. The Labute approximate surface area is 136 Å². The number of hydrogen-bond donors (Lipinski definition) is 2. The highest BCUT2D eigenvalue weighted by Gasteiger charge is 2.17. The first kappa shape index (κ1) is 15.9. The Kier molecular flexibility index (Phi) is 4.32. The van der Waals surface area contributed by atoms with Crippen LogP contribution in [0.1, 0.15) is 29.0 Å². The zero-order chi connectivity index (χ0) is 16.4. The average molecular weight is 332 g/mol. The summed E-state index contributed by atoms with van der Waals surface area (Å²) in [5.74, 6) is 0.552. The molecule has 0 aliphatic carbocycles. The SMILES string of the molecule is CC(c1ccc(Nc2ncc3c(n2)CNCC3)cc1)S(C)(=O)=O. The Morgan fingerprint density at radius 2 is 2.00 bits per heavy atom. The standard InChI is InChI=1S/C16H20N4O2S/c1-11(23(2,21)22)12-3-5-14(6-4-12)19-16-18-9-13-7-8-17-10-15(13)20-16/h3-6,9,11,17H,7-8,10H2,1-2H3,(H,18,19,20). The van der Waals surface area contributed by atoms with Gasteiger partial charge in [0.2, 0.25) is 5.95 Å². The maximum Gasteiger partial charge on any atom is 0.227 e. The highest BCUT2D eigenvalue weighted by Crippen LogP contribution is 2.23. The van der Waals surface area contributed by atoms with E-state index in [0.29, 0.717) is 5.95 Å². The summed E-state index contributed by atoms with van der Waals surface area (Å²) in [7, 11) is -3.09. The highest BCUT2D eigenvalue weighted by molar-refractivity contribution is 7.90. The summed E-state index contributed by atoms with van der Waals surface area (Å²) < 4.78 is 23.2. The van der Waals surface area contributed by atoms with E-state index in [1.807, 2.05) is 30.5 Å². The van der Waals surface area contributed by atoms with Crippen molar-refractivity contribution in [2.45, 2.75) is 25.1 Å². The van der Waals surface area contributed by atoms with Crippen molar-refractivity contribution in [2.24, 2.45) is 0 Å². The molecule has 0 bridgehead atoms. The Morgan fingerprint density at radius 3 is 2.70 bits per heavy atom. The molecule has 2 aromatic rings. The first-order valence-electron chi connectivity index (χ1n) is 7.55. The largest absolute Gasteiger partial charge is 0.324 e.